The topological polar surface area (TPSA) is 61.3 Å². The lowest BCUT2D eigenvalue weighted by Gasteiger charge is -2.24. The molecule has 0 saturated heterocycles. The van der Waals surface area contributed by atoms with Crippen molar-refractivity contribution in [3.05, 3.63) is 22.2 Å². The Morgan fingerprint density at radius 1 is 1.46 bits per heavy atom. The van der Waals surface area contributed by atoms with Gasteiger partial charge in [-0.3, -0.25) is 0 Å². The quantitative estimate of drug-likeness (QED) is 0.683. The first kappa shape index (κ1) is 8.84. The summed E-state index contributed by atoms with van der Waals surface area (Å²) < 4.78 is 6.40. The van der Waals surface area contributed by atoms with Gasteiger partial charge in [0.1, 0.15) is 5.75 Å². The molecule has 1 aliphatic rings. The predicted octanol–water partition coefficient (Wildman–Crippen LogP) is 1.81. The van der Waals surface area contributed by atoms with Crippen molar-refractivity contribution in [3.8, 4) is 5.75 Å². The third-order valence-electron chi connectivity index (χ3n) is 2.19. The fourth-order valence-corrected chi connectivity index (χ4v) is 2.02. The van der Waals surface area contributed by atoms with Crippen molar-refractivity contribution in [1.29, 1.82) is 0 Å². The number of anilines is 1. The van der Waals surface area contributed by atoms with Gasteiger partial charge in [0.15, 0.2) is 0 Å². The summed E-state index contributed by atoms with van der Waals surface area (Å²) in [6.07, 6.45) is 0.850. The standard InChI is InChI=1S/C9H11BrN2O/c10-5-3-6-7(11)1-2-13-9(6)8(12)4-5/h3-4,7H,1-2,11-12H2. The van der Waals surface area contributed by atoms with Crippen LogP contribution in [0, 0.1) is 0 Å². The van der Waals surface area contributed by atoms with Gasteiger partial charge in [0.2, 0.25) is 0 Å². The third kappa shape index (κ3) is 1.51. The molecule has 0 radical (unpaired) electrons. The first-order valence-electron chi connectivity index (χ1n) is 4.16. The Hall–Kier alpha value is -0.740. The molecule has 0 spiro atoms. The maximum atomic E-state index is 5.93. The molecule has 0 fully saturated rings. The second kappa shape index (κ2) is 3.20. The number of hydrogen-bond donors (Lipinski definition) is 2. The van der Waals surface area contributed by atoms with Crippen molar-refractivity contribution in [1.82, 2.24) is 0 Å². The van der Waals surface area contributed by atoms with Crippen molar-refractivity contribution >= 4 is 21.6 Å². The molecule has 4 N–H and O–H groups in total. The zero-order valence-electron chi connectivity index (χ0n) is 7.09. The van der Waals surface area contributed by atoms with Gasteiger partial charge in [-0.25, -0.2) is 0 Å². The number of fused-ring (bicyclic) bond motifs is 1. The van der Waals surface area contributed by atoms with E-state index in [2.05, 4.69) is 15.9 Å². The van der Waals surface area contributed by atoms with E-state index in [1.165, 1.54) is 0 Å². The molecule has 1 unspecified atom stereocenters. The van der Waals surface area contributed by atoms with Gasteiger partial charge in [-0.1, -0.05) is 15.9 Å². The number of nitrogen functional groups attached to an aromatic ring is 1. The molecular formula is C9H11BrN2O. The highest BCUT2D eigenvalue weighted by atomic mass is 79.9. The van der Waals surface area contributed by atoms with Crippen LogP contribution in [-0.2, 0) is 0 Å². The Labute approximate surface area is 85.2 Å². The highest BCUT2D eigenvalue weighted by Gasteiger charge is 2.20. The Kier molecular flexibility index (Phi) is 2.17. The van der Waals surface area contributed by atoms with Crippen LogP contribution in [0.5, 0.6) is 5.75 Å². The van der Waals surface area contributed by atoms with Gasteiger partial charge in [-0.05, 0) is 12.1 Å². The zero-order valence-corrected chi connectivity index (χ0v) is 8.67. The van der Waals surface area contributed by atoms with E-state index in [9.17, 15) is 0 Å². The van der Waals surface area contributed by atoms with Gasteiger partial charge >= 0.3 is 0 Å². The lowest BCUT2D eigenvalue weighted by atomic mass is 10.0. The number of benzene rings is 1. The van der Waals surface area contributed by atoms with Gasteiger partial charge in [0.25, 0.3) is 0 Å². The van der Waals surface area contributed by atoms with Crippen molar-refractivity contribution in [2.24, 2.45) is 5.73 Å². The van der Waals surface area contributed by atoms with Gasteiger partial charge in [0.05, 0.1) is 12.3 Å². The van der Waals surface area contributed by atoms with Crippen LogP contribution in [0.15, 0.2) is 16.6 Å². The van der Waals surface area contributed by atoms with E-state index in [4.69, 9.17) is 16.2 Å². The molecular weight excluding hydrogens is 232 g/mol. The SMILES string of the molecule is Nc1cc(Br)cc2c1OCCC2N. The molecule has 2 rings (SSSR count). The smallest absolute Gasteiger partial charge is 0.147 e. The monoisotopic (exact) mass is 242 g/mol. The second-order valence-corrected chi connectivity index (χ2v) is 4.07. The van der Waals surface area contributed by atoms with Crippen molar-refractivity contribution < 1.29 is 4.74 Å². The lowest BCUT2D eigenvalue weighted by Crippen LogP contribution is -2.21. The molecule has 0 saturated carbocycles. The number of ether oxygens (including phenoxy) is 1. The first-order valence-corrected chi connectivity index (χ1v) is 4.95. The van der Waals surface area contributed by atoms with Crippen LogP contribution in [0.4, 0.5) is 5.69 Å². The van der Waals surface area contributed by atoms with E-state index in [0.717, 1.165) is 22.2 Å². The molecule has 1 aromatic rings. The molecule has 3 nitrogen and oxygen atoms in total. The van der Waals surface area contributed by atoms with Crippen LogP contribution in [-0.4, -0.2) is 6.61 Å². The minimum absolute atomic E-state index is 0.0450. The second-order valence-electron chi connectivity index (χ2n) is 3.16. The van der Waals surface area contributed by atoms with E-state index in [0.29, 0.717) is 12.3 Å². The number of rotatable bonds is 0. The van der Waals surface area contributed by atoms with Gasteiger partial charge in [-0.15, -0.1) is 0 Å². The number of halogens is 1. The molecule has 0 aromatic heterocycles. The zero-order chi connectivity index (χ0) is 9.42. The fraction of sp³-hybridized carbons (Fsp3) is 0.333. The summed E-state index contributed by atoms with van der Waals surface area (Å²) in [4.78, 5) is 0. The van der Waals surface area contributed by atoms with E-state index < -0.39 is 0 Å². The molecule has 0 bridgehead atoms. The van der Waals surface area contributed by atoms with Crippen molar-refractivity contribution in [2.45, 2.75) is 12.5 Å². The Morgan fingerprint density at radius 2 is 2.23 bits per heavy atom. The van der Waals surface area contributed by atoms with Crippen LogP contribution in [0.1, 0.15) is 18.0 Å². The van der Waals surface area contributed by atoms with Gasteiger partial charge in [0, 0.05) is 22.5 Å². The van der Waals surface area contributed by atoms with Crippen molar-refractivity contribution in [2.75, 3.05) is 12.3 Å². The van der Waals surface area contributed by atoms with Gasteiger partial charge < -0.3 is 16.2 Å². The van der Waals surface area contributed by atoms with Crippen LogP contribution in [0.25, 0.3) is 0 Å². The molecule has 0 amide bonds. The maximum absolute atomic E-state index is 5.93. The van der Waals surface area contributed by atoms with E-state index in [1.807, 2.05) is 12.1 Å². The predicted molar refractivity (Wildman–Crippen MR) is 55.6 cm³/mol. The molecule has 13 heavy (non-hydrogen) atoms. The summed E-state index contributed by atoms with van der Waals surface area (Å²) in [5.41, 5.74) is 13.4. The van der Waals surface area contributed by atoms with Crippen LogP contribution < -0.4 is 16.2 Å². The number of hydrogen-bond acceptors (Lipinski definition) is 3. The molecule has 4 heteroatoms. The van der Waals surface area contributed by atoms with E-state index >= 15 is 0 Å². The Bertz CT molecular complexity index is 341. The van der Waals surface area contributed by atoms with Crippen LogP contribution >= 0.6 is 15.9 Å². The first-order chi connectivity index (χ1) is 6.18. The molecule has 0 aliphatic carbocycles. The highest BCUT2D eigenvalue weighted by Crippen LogP contribution is 2.37. The molecule has 70 valence electrons. The Morgan fingerprint density at radius 3 is 3.00 bits per heavy atom. The van der Waals surface area contributed by atoms with Crippen LogP contribution in [0.2, 0.25) is 0 Å². The van der Waals surface area contributed by atoms with E-state index in [-0.39, 0.29) is 6.04 Å². The minimum atomic E-state index is 0.0450. The van der Waals surface area contributed by atoms with Crippen molar-refractivity contribution in [3.63, 3.8) is 0 Å². The summed E-state index contributed by atoms with van der Waals surface area (Å²) in [5, 5.41) is 0. The lowest BCUT2D eigenvalue weighted by molar-refractivity contribution is 0.270. The molecule has 1 aliphatic heterocycles. The average molecular weight is 243 g/mol. The third-order valence-corrected chi connectivity index (χ3v) is 2.64. The summed E-state index contributed by atoms with van der Waals surface area (Å²) in [7, 11) is 0. The summed E-state index contributed by atoms with van der Waals surface area (Å²) in [6, 6.07) is 3.84. The number of nitrogens with two attached hydrogens (primary N) is 2. The maximum Gasteiger partial charge on any atom is 0.147 e. The normalized spacial score (nSPS) is 20.6. The van der Waals surface area contributed by atoms with E-state index in [1.54, 1.807) is 0 Å². The summed E-state index contributed by atoms with van der Waals surface area (Å²) >= 11 is 3.38. The Balaban J connectivity index is 2.56. The molecule has 1 heterocycles. The molecule has 1 aromatic carbocycles. The van der Waals surface area contributed by atoms with Gasteiger partial charge in [-0.2, -0.15) is 0 Å². The average Bonchev–Trinajstić information content (AvgIpc) is 2.07. The fourth-order valence-electron chi connectivity index (χ4n) is 1.52. The highest BCUT2D eigenvalue weighted by molar-refractivity contribution is 9.10. The summed E-state index contributed by atoms with van der Waals surface area (Å²) in [6.45, 7) is 0.653. The van der Waals surface area contributed by atoms with Crippen LogP contribution in [0.3, 0.4) is 0 Å². The minimum Gasteiger partial charge on any atom is -0.491 e. The summed E-state index contributed by atoms with van der Waals surface area (Å²) in [5.74, 6) is 0.752. The largest absolute Gasteiger partial charge is 0.491 e. The molecule has 1 atom stereocenters.